The second-order valence-electron chi connectivity index (χ2n) is 13.3. The number of halogens is 1. The summed E-state index contributed by atoms with van der Waals surface area (Å²) in [6, 6.07) is 58.0. The van der Waals surface area contributed by atoms with E-state index in [1.807, 2.05) is 172 Å². The van der Waals surface area contributed by atoms with Gasteiger partial charge in [-0.05, 0) is 61.7 Å². The van der Waals surface area contributed by atoms with Crippen LogP contribution in [-0.2, 0) is 0 Å². The van der Waals surface area contributed by atoms with Gasteiger partial charge in [0.25, 0.3) is 0 Å². The van der Waals surface area contributed by atoms with Crippen LogP contribution in [0.1, 0.15) is 38.9 Å². The van der Waals surface area contributed by atoms with Gasteiger partial charge >= 0.3 is 0 Å². The van der Waals surface area contributed by atoms with E-state index in [1.54, 1.807) is 21.3 Å². The van der Waals surface area contributed by atoms with Crippen molar-refractivity contribution in [3.8, 4) is 17.2 Å². The number of nitrogens with zero attached hydrogens (tertiary/aromatic N) is 2. The van der Waals surface area contributed by atoms with E-state index in [4.69, 9.17) is 30.8 Å². The summed E-state index contributed by atoms with van der Waals surface area (Å²) in [5, 5.41) is 7.19. The van der Waals surface area contributed by atoms with E-state index in [9.17, 15) is 0 Å². The van der Waals surface area contributed by atoms with Crippen molar-refractivity contribution in [2.24, 2.45) is 15.9 Å². The van der Waals surface area contributed by atoms with Crippen molar-refractivity contribution in [3.05, 3.63) is 219 Å². The van der Waals surface area contributed by atoms with E-state index < -0.39 is 0 Å². The number of methoxy groups -OCH3 is 3. The Labute approximate surface area is 363 Å². The van der Waals surface area contributed by atoms with Gasteiger partial charge in [0, 0.05) is 50.2 Å². The molecule has 0 heterocycles. The molecule has 0 atom stereocenters. The van der Waals surface area contributed by atoms with Crippen LogP contribution in [0.4, 0.5) is 11.4 Å². The number of benzene rings is 7. The number of rotatable bonds is 10. The van der Waals surface area contributed by atoms with Crippen LogP contribution in [-0.4, -0.2) is 39.4 Å². The molecule has 7 aromatic rings. The molecule has 0 aliphatic carbocycles. The molecule has 0 aliphatic rings. The molecule has 0 amide bonds. The van der Waals surface area contributed by atoms with Gasteiger partial charge in [0.2, 0.25) is 0 Å². The maximum absolute atomic E-state index is 5.52. The summed E-state index contributed by atoms with van der Waals surface area (Å²) >= 11 is 3.36. The highest BCUT2D eigenvalue weighted by Gasteiger charge is 2.07. The lowest BCUT2D eigenvalue weighted by atomic mass is 10.0. The van der Waals surface area contributed by atoms with Gasteiger partial charge in [0.05, 0.1) is 32.8 Å². The third-order valence-corrected chi connectivity index (χ3v) is 9.54. The molecule has 0 unspecified atom stereocenters. The van der Waals surface area contributed by atoms with Crippen molar-refractivity contribution in [1.29, 1.82) is 0 Å². The average molecular weight is 865 g/mol. The number of hydrogen-bond acceptors (Lipinski definition) is 8. The first-order chi connectivity index (χ1) is 29.2. The average Bonchev–Trinajstić information content (AvgIpc) is 3.29. The molecule has 8 nitrogen and oxygen atoms in total. The van der Waals surface area contributed by atoms with E-state index in [1.165, 1.54) is 0 Å². The second-order valence-corrected chi connectivity index (χ2v) is 14.2. The Balaban J connectivity index is 0.000000192. The van der Waals surface area contributed by atoms with E-state index in [0.717, 1.165) is 83.5 Å². The number of anilines is 2. The topological polar surface area (TPSA) is 116 Å². The highest BCUT2D eigenvalue weighted by atomic mass is 79.9. The predicted octanol–water partition coefficient (Wildman–Crippen LogP) is 11.7. The minimum Gasteiger partial charge on any atom is -0.496 e. The Bertz CT molecular complexity index is 2260. The number of aryl methyl sites for hydroxylation is 3. The van der Waals surface area contributed by atoms with Crippen molar-refractivity contribution < 1.29 is 14.2 Å². The van der Waals surface area contributed by atoms with Crippen LogP contribution in [0.2, 0.25) is 0 Å². The van der Waals surface area contributed by atoms with Gasteiger partial charge in [-0.25, -0.2) is 0 Å². The molecule has 0 fully saturated rings. The summed E-state index contributed by atoms with van der Waals surface area (Å²) in [6.07, 6.45) is 0. The lowest BCUT2D eigenvalue weighted by molar-refractivity contribution is 0.411. The highest BCUT2D eigenvalue weighted by Crippen LogP contribution is 2.23. The zero-order chi connectivity index (χ0) is 43.1. The molecule has 0 saturated carbocycles. The molecule has 0 aromatic heterocycles. The first kappa shape index (κ1) is 45.9. The fourth-order valence-corrected chi connectivity index (χ4v) is 6.16. The van der Waals surface area contributed by atoms with E-state index in [0.29, 0.717) is 6.67 Å². The zero-order valence-electron chi connectivity index (χ0n) is 35.1. The van der Waals surface area contributed by atoms with Crippen LogP contribution in [0, 0.1) is 20.8 Å². The van der Waals surface area contributed by atoms with Gasteiger partial charge < -0.3 is 31.1 Å². The molecule has 0 saturated heterocycles. The van der Waals surface area contributed by atoms with Crippen molar-refractivity contribution in [1.82, 2.24) is 0 Å². The van der Waals surface area contributed by atoms with Crippen molar-refractivity contribution in [3.63, 3.8) is 0 Å². The normalized spacial score (nSPS) is 9.78. The number of hydrazone groups is 1. The van der Waals surface area contributed by atoms with E-state index in [-0.39, 0.29) is 0 Å². The van der Waals surface area contributed by atoms with Crippen molar-refractivity contribution in [2.75, 3.05) is 39.0 Å². The smallest absolute Gasteiger partial charge is 0.123 e. The molecule has 5 N–H and O–H groups in total. The van der Waals surface area contributed by atoms with Crippen LogP contribution in [0.25, 0.3) is 0 Å². The zero-order valence-corrected chi connectivity index (χ0v) is 36.7. The summed E-state index contributed by atoms with van der Waals surface area (Å²) in [6.45, 7) is 6.53. The Kier molecular flexibility index (Phi) is 19.0. The monoisotopic (exact) mass is 863 g/mol. The summed E-state index contributed by atoms with van der Waals surface area (Å²) in [5.74, 6) is 8.07. The van der Waals surface area contributed by atoms with Crippen molar-refractivity contribution in [2.45, 2.75) is 20.8 Å². The van der Waals surface area contributed by atoms with Gasteiger partial charge in [0.15, 0.2) is 0 Å². The standard InChI is InChI=1S/C22H22N2O.C13H12N2.C8H9BrO.C8H11NO/c1-17-13-14-20(15-21(17)25-2)23-16-24-22(18-9-5-3-6-10-18)19-11-7-4-8-12-19;14-15-13(11-7-3-1-4-8-11)12-9-5-2-6-10-12;2*1-6-3-4-7(9)5-8(6)10-2/h3-15,23H,16H2,1-2H3;1-10H,14H2;3-5H,1-2H3;3-5H,9H2,1-2H3. The highest BCUT2D eigenvalue weighted by molar-refractivity contribution is 9.10. The summed E-state index contributed by atoms with van der Waals surface area (Å²) in [5.41, 5.74) is 16.7. The molecular weight excluding hydrogens is 810 g/mol. The third-order valence-electron chi connectivity index (χ3n) is 9.05. The number of ether oxygens (including phenoxy) is 3. The number of nitrogen functional groups attached to an aromatic ring is 1. The summed E-state index contributed by atoms with van der Waals surface area (Å²) in [4.78, 5) is 4.80. The second kappa shape index (κ2) is 24.8. The minimum atomic E-state index is 0.491. The predicted molar refractivity (Wildman–Crippen MR) is 255 cm³/mol. The van der Waals surface area contributed by atoms with Crippen molar-refractivity contribution >= 4 is 38.7 Å². The summed E-state index contributed by atoms with van der Waals surface area (Å²) in [7, 11) is 5.00. The van der Waals surface area contributed by atoms with Gasteiger partial charge in [-0.2, -0.15) is 5.10 Å². The van der Waals surface area contributed by atoms with Crippen LogP contribution in [0.15, 0.2) is 190 Å². The van der Waals surface area contributed by atoms with E-state index >= 15 is 0 Å². The molecule has 0 bridgehead atoms. The lowest BCUT2D eigenvalue weighted by Crippen LogP contribution is -2.08. The van der Waals surface area contributed by atoms with Gasteiger partial charge in [-0.15, -0.1) is 0 Å². The van der Waals surface area contributed by atoms with Crippen LogP contribution < -0.4 is 31.1 Å². The van der Waals surface area contributed by atoms with E-state index in [2.05, 4.69) is 50.6 Å². The van der Waals surface area contributed by atoms with Gasteiger partial charge in [0.1, 0.15) is 23.9 Å². The first-order valence-corrected chi connectivity index (χ1v) is 20.1. The summed E-state index contributed by atoms with van der Waals surface area (Å²) < 4.78 is 16.6. The molecule has 0 spiro atoms. The molecule has 0 aliphatic heterocycles. The molecular formula is C51H54BrN5O3. The van der Waals surface area contributed by atoms with Crippen LogP contribution in [0.5, 0.6) is 17.2 Å². The molecule has 9 heteroatoms. The SMILES string of the molecule is COc1cc(Br)ccc1C.COc1cc(N)ccc1C.COc1cc(NCN=C(c2ccccc2)c2ccccc2)ccc1C.NN=C(c1ccccc1)c1ccccc1. The number of hydrogen-bond donors (Lipinski definition) is 3. The largest absolute Gasteiger partial charge is 0.496 e. The van der Waals surface area contributed by atoms with Crippen LogP contribution >= 0.6 is 15.9 Å². The van der Waals surface area contributed by atoms with Gasteiger partial charge in [-0.3, -0.25) is 4.99 Å². The Morgan fingerprint density at radius 3 is 1.28 bits per heavy atom. The quantitative estimate of drug-likeness (QED) is 0.0546. The third kappa shape index (κ3) is 14.5. The minimum absolute atomic E-state index is 0.491. The maximum Gasteiger partial charge on any atom is 0.123 e. The van der Waals surface area contributed by atoms with Crippen LogP contribution in [0.3, 0.4) is 0 Å². The lowest BCUT2D eigenvalue weighted by Gasteiger charge is -2.11. The Morgan fingerprint density at radius 2 is 0.883 bits per heavy atom. The number of nitrogens with two attached hydrogens (primary N) is 2. The molecule has 308 valence electrons. The Morgan fingerprint density at radius 1 is 0.500 bits per heavy atom. The molecule has 7 aromatic carbocycles. The fourth-order valence-electron chi connectivity index (χ4n) is 5.82. The Hall–Kier alpha value is -6.84. The molecule has 7 rings (SSSR count). The number of aliphatic imine (C=N–C) groups is 1. The fraction of sp³-hybridized carbons (Fsp3) is 0.137. The number of nitrogens with one attached hydrogen (secondary N) is 1. The molecule has 0 radical (unpaired) electrons. The molecule has 60 heavy (non-hydrogen) atoms. The first-order valence-electron chi connectivity index (χ1n) is 19.3. The van der Waals surface area contributed by atoms with Gasteiger partial charge in [-0.1, -0.05) is 155 Å². The maximum atomic E-state index is 5.52.